The summed E-state index contributed by atoms with van der Waals surface area (Å²) in [7, 11) is 0. The Balaban J connectivity index is 1.45. The van der Waals surface area contributed by atoms with Crippen molar-refractivity contribution in [3.05, 3.63) is 52.2 Å². The van der Waals surface area contributed by atoms with Crippen LogP contribution in [0.25, 0.3) is 0 Å². The number of thiophene rings is 1. The molecule has 30 heavy (non-hydrogen) atoms. The highest BCUT2D eigenvalue weighted by molar-refractivity contribution is 7.10. The Hall–Kier alpha value is -2.87. The van der Waals surface area contributed by atoms with E-state index in [1.165, 1.54) is 0 Å². The van der Waals surface area contributed by atoms with Crippen molar-refractivity contribution in [1.82, 2.24) is 15.5 Å². The Labute approximate surface area is 179 Å². The van der Waals surface area contributed by atoms with E-state index in [9.17, 15) is 14.4 Å². The third kappa shape index (κ3) is 3.92. The van der Waals surface area contributed by atoms with Gasteiger partial charge in [-0.1, -0.05) is 18.2 Å². The zero-order valence-corrected chi connectivity index (χ0v) is 17.8. The summed E-state index contributed by atoms with van der Waals surface area (Å²) in [6.07, 6.45) is 0.972. The van der Waals surface area contributed by atoms with Gasteiger partial charge in [-0.2, -0.15) is 0 Å². The molecule has 2 aromatic rings. The molecule has 3 amide bonds. The van der Waals surface area contributed by atoms with Gasteiger partial charge in [-0.15, -0.1) is 11.3 Å². The molecule has 1 spiro atoms. The lowest BCUT2D eigenvalue weighted by atomic mass is 10.0. The Morgan fingerprint density at radius 2 is 2.00 bits per heavy atom. The van der Waals surface area contributed by atoms with Gasteiger partial charge in [-0.3, -0.25) is 14.4 Å². The predicted octanol–water partition coefficient (Wildman–Crippen LogP) is 2.85. The van der Waals surface area contributed by atoms with Gasteiger partial charge in [0.05, 0.1) is 11.6 Å². The normalized spacial score (nSPS) is 23.1. The Morgan fingerprint density at radius 1 is 1.20 bits per heavy atom. The molecule has 7 nitrogen and oxygen atoms in total. The number of carbonyl (C=O) groups excluding carboxylic acids is 3. The van der Waals surface area contributed by atoms with E-state index >= 15 is 0 Å². The molecule has 3 heterocycles. The quantitative estimate of drug-likeness (QED) is 0.786. The van der Waals surface area contributed by atoms with Gasteiger partial charge in [-0.05, 0) is 37.4 Å². The third-order valence-electron chi connectivity index (χ3n) is 5.77. The molecule has 1 aromatic carbocycles. The number of hydrogen-bond donors (Lipinski definition) is 2. The van der Waals surface area contributed by atoms with E-state index < -0.39 is 11.8 Å². The van der Waals surface area contributed by atoms with E-state index in [0.717, 1.165) is 4.88 Å². The molecule has 8 heteroatoms. The standard InChI is InChI=1S/C22H25N3O4S/c1-14(18-8-5-13-30-18)23-20(27)15(2)25-12-11-22(10-9-19(25)26)24-21(28)16-6-3-4-7-17(16)29-22/h3-8,13-15H,9-12H2,1-2H3,(H,23,27)(H,24,28)/t14-,15+,22-/m0/s1. The molecule has 2 aliphatic heterocycles. The molecule has 0 bridgehead atoms. The second-order valence-electron chi connectivity index (χ2n) is 7.81. The maximum Gasteiger partial charge on any atom is 0.258 e. The lowest BCUT2D eigenvalue weighted by molar-refractivity contribution is -0.139. The smallest absolute Gasteiger partial charge is 0.258 e. The number of nitrogens with zero attached hydrogens (tertiary/aromatic N) is 1. The zero-order valence-electron chi connectivity index (χ0n) is 17.0. The molecule has 4 rings (SSSR count). The lowest BCUT2D eigenvalue weighted by Gasteiger charge is -2.38. The molecule has 158 valence electrons. The van der Waals surface area contributed by atoms with Crippen molar-refractivity contribution in [3.63, 3.8) is 0 Å². The monoisotopic (exact) mass is 427 g/mol. The average Bonchev–Trinajstić information content (AvgIpc) is 3.22. The van der Waals surface area contributed by atoms with Gasteiger partial charge in [-0.25, -0.2) is 0 Å². The highest BCUT2D eigenvalue weighted by atomic mass is 32.1. The predicted molar refractivity (Wildman–Crippen MR) is 113 cm³/mol. The minimum atomic E-state index is -0.934. The number of hydrogen-bond acceptors (Lipinski definition) is 5. The first-order valence-electron chi connectivity index (χ1n) is 10.1. The molecular weight excluding hydrogens is 402 g/mol. The van der Waals surface area contributed by atoms with Gasteiger partial charge in [0, 0.05) is 30.7 Å². The van der Waals surface area contributed by atoms with E-state index in [4.69, 9.17) is 4.74 Å². The topological polar surface area (TPSA) is 87.7 Å². The third-order valence-corrected chi connectivity index (χ3v) is 6.83. The Bertz CT molecular complexity index is 961. The molecule has 0 radical (unpaired) electrons. The van der Waals surface area contributed by atoms with Crippen LogP contribution in [0.5, 0.6) is 5.75 Å². The number of likely N-dealkylation sites (tertiary alicyclic amines) is 1. The summed E-state index contributed by atoms with van der Waals surface area (Å²) in [5, 5.41) is 7.90. The molecule has 1 fully saturated rings. The van der Waals surface area contributed by atoms with Crippen molar-refractivity contribution in [3.8, 4) is 5.75 Å². The van der Waals surface area contributed by atoms with Crippen LogP contribution >= 0.6 is 11.3 Å². The maximum atomic E-state index is 12.8. The molecular formula is C22H25N3O4S. The SMILES string of the molecule is C[C@H](NC(=O)[C@@H](C)N1CC[C@@]2(CCC1=O)NC(=O)c1ccccc1O2)c1cccs1. The summed E-state index contributed by atoms with van der Waals surface area (Å²) in [5.74, 6) is 0.0141. The molecule has 3 atom stereocenters. The zero-order chi connectivity index (χ0) is 21.3. The molecule has 2 N–H and O–H groups in total. The summed E-state index contributed by atoms with van der Waals surface area (Å²) in [5.41, 5.74) is -0.443. The minimum Gasteiger partial charge on any atom is -0.467 e. The number of carbonyl (C=O) groups is 3. The summed E-state index contributed by atoms with van der Waals surface area (Å²) in [4.78, 5) is 40.8. The van der Waals surface area contributed by atoms with E-state index in [0.29, 0.717) is 30.7 Å². The number of benzene rings is 1. The Kier molecular flexibility index (Phi) is 5.51. The van der Waals surface area contributed by atoms with Crippen LogP contribution < -0.4 is 15.4 Å². The maximum absolute atomic E-state index is 12.8. The molecule has 0 unspecified atom stereocenters. The van der Waals surface area contributed by atoms with Crippen LogP contribution in [0.2, 0.25) is 0 Å². The molecule has 1 saturated heterocycles. The molecule has 0 saturated carbocycles. The first kappa shape index (κ1) is 20.4. The van der Waals surface area contributed by atoms with Gasteiger partial charge in [0.2, 0.25) is 11.8 Å². The lowest BCUT2D eigenvalue weighted by Crippen LogP contribution is -2.56. The fourth-order valence-electron chi connectivity index (χ4n) is 3.98. The first-order chi connectivity index (χ1) is 14.4. The van der Waals surface area contributed by atoms with E-state index in [-0.39, 0.29) is 30.2 Å². The fourth-order valence-corrected chi connectivity index (χ4v) is 4.71. The second kappa shape index (κ2) is 8.10. The average molecular weight is 428 g/mol. The summed E-state index contributed by atoms with van der Waals surface area (Å²) in [6.45, 7) is 3.99. The van der Waals surface area contributed by atoms with E-state index in [1.54, 1.807) is 41.4 Å². The van der Waals surface area contributed by atoms with Gasteiger partial charge >= 0.3 is 0 Å². The number of rotatable bonds is 4. The molecule has 1 aromatic heterocycles. The van der Waals surface area contributed by atoms with Crippen LogP contribution in [0.15, 0.2) is 41.8 Å². The van der Waals surface area contributed by atoms with Crippen molar-refractivity contribution < 1.29 is 19.1 Å². The highest BCUT2D eigenvalue weighted by Gasteiger charge is 2.43. The Morgan fingerprint density at radius 3 is 2.77 bits per heavy atom. The number of nitrogens with one attached hydrogen (secondary N) is 2. The van der Waals surface area contributed by atoms with Crippen molar-refractivity contribution in [2.24, 2.45) is 0 Å². The second-order valence-corrected chi connectivity index (χ2v) is 8.78. The first-order valence-corrected chi connectivity index (χ1v) is 11.0. The summed E-state index contributed by atoms with van der Waals surface area (Å²) in [6, 6.07) is 10.3. The van der Waals surface area contributed by atoms with Crippen molar-refractivity contribution in [1.29, 1.82) is 0 Å². The van der Waals surface area contributed by atoms with Gasteiger partial charge in [0.25, 0.3) is 5.91 Å². The number of fused-ring (bicyclic) bond motifs is 1. The van der Waals surface area contributed by atoms with Gasteiger partial charge < -0.3 is 20.3 Å². The number of para-hydroxylation sites is 1. The fraction of sp³-hybridized carbons (Fsp3) is 0.409. The van der Waals surface area contributed by atoms with Crippen LogP contribution in [0.4, 0.5) is 0 Å². The molecule has 2 aliphatic rings. The summed E-state index contributed by atoms with van der Waals surface area (Å²) >= 11 is 1.58. The van der Waals surface area contributed by atoms with E-state index in [1.807, 2.05) is 30.5 Å². The van der Waals surface area contributed by atoms with Crippen molar-refractivity contribution in [2.75, 3.05) is 6.54 Å². The van der Waals surface area contributed by atoms with Crippen LogP contribution in [0.3, 0.4) is 0 Å². The highest BCUT2D eigenvalue weighted by Crippen LogP contribution is 2.34. The number of ether oxygens (including phenoxy) is 1. The van der Waals surface area contributed by atoms with Crippen LogP contribution in [0, 0.1) is 0 Å². The minimum absolute atomic E-state index is 0.116. The van der Waals surface area contributed by atoms with Crippen LogP contribution in [-0.4, -0.2) is 40.9 Å². The van der Waals surface area contributed by atoms with Gasteiger partial charge in [0.1, 0.15) is 11.8 Å². The van der Waals surface area contributed by atoms with Crippen molar-refractivity contribution >= 4 is 29.1 Å². The van der Waals surface area contributed by atoms with Gasteiger partial charge in [0.15, 0.2) is 5.72 Å². The van der Waals surface area contributed by atoms with E-state index in [2.05, 4.69) is 10.6 Å². The van der Waals surface area contributed by atoms with Crippen molar-refractivity contribution in [2.45, 2.75) is 50.9 Å². The number of amides is 3. The molecule has 0 aliphatic carbocycles. The summed E-state index contributed by atoms with van der Waals surface area (Å²) < 4.78 is 6.15. The van der Waals surface area contributed by atoms with Crippen LogP contribution in [-0.2, 0) is 9.59 Å². The van der Waals surface area contributed by atoms with Crippen LogP contribution in [0.1, 0.15) is 54.4 Å². The largest absolute Gasteiger partial charge is 0.467 e.